The molecule has 2 aromatic carbocycles. The van der Waals surface area contributed by atoms with Gasteiger partial charge in [-0.3, -0.25) is 0 Å². The number of nitrogens with one attached hydrogen (secondary N) is 1. The van der Waals surface area contributed by atoms with Crippen LogP contribution in [0.5, 0.6) is 0 Å². The molecule has 3 N–H and O–H groups in total. The summed E-state index contributed by atoms with van der Waals surface area (Å²) in [5.41, 5.74) is 6.15. The van der Waals surface area contributed by atoms with Crippen molar-refractivity contribution in [3.8, 4) is 0 Å². The van der Waals surface area contributed by atoms with E-state index < -0.39 is 11.6 Å². The number of nitrogens with two attached hydrogens (primary N) is 1. The van der Waals surface area contributed by atoms with Crippen molar-refractivity contribution in [2.45, 2.75) is 0 Å². The van der Waals surface area contributed by atoms with E-state index in [9.17, 15) is 8.78 Å². The van der Waals surface area contributed by atoms with E-state index >= 15 is 0 Å². The molecule has 0 amide bonds. The van der Waals surface area contributed by atoms with Gasteiger partial charge >= 0.3 is 0 Å². The fourth-order valence-electron chi connectivity index (χ4n) is 1.44. The molecule has 0 aromatic heterocycles. The third-order valence-electron chi connectivity index (χ3n) is 2.25. The van der Waals surface area contributed by atoms with Gasteiger partial charge in [0.1, 0.15) is 11.6 Å². The molecule has 0 aliphatic carbocycles. The summed E-state index contributed by atoms with van der Waals surface area (Å²) in [7, 11) is 0. The van der Waals surface area contributed by atoms with Crippen molar-refractivity contribution in [2.24, 2.45) is 0 Å². The van der Waals surface area contributed by atoms with Gasteiger partial charge in [0, 0.05) is 11.8 Å². The van der Waals surface area contributed by atoms with E-state index in [-0.39, 0.29) is 21.4 Å². The molecule has 2 aromatic rings. The highest BCUT2D eigenvalue weighted by Gasteiger charge is 2.10. The van der Waals surface area contributed by atoms with Crippen molar-refractivity contribution < 1.29 is 8.78 Å². The highest BCUT2D eigenvalue weighted by Crippen LogP contribution is 2.35. The lowest BCUT2D eigenvalue weighted by Crippen LogP contribution is -1.97. The molecule has 0 aliphatic heterocycles. The monoisotopic (exact) mass is 288 g/mol. The molecule has 0 aliphatic rings. The highest BCUT2D eigenvalue weighted by atomic mass is 35.5. The molecule has 0 unspecified atom stereocenters. The Hall–Kier alpha value is -1.52. The summed E-state index contributed by atoms with van der Waals surface area (Å²) in [5, 5.41) is 3.09. The second kappa shape index (κ2) is 5.00. The predicted molar refractivity (Wildman–Crippen MR) is 70.5 cm³/mol. The largest absolute Gasteiger partial charge is 0.399 e. The molecule has 0 spiro atoms. The summed E-state index contributed by atoms with van der Waals surface area (Å²) in [6.07, 6.45) is 0. The first-order valence-electron chi connectivity index (χ1n) is 4.94. The average molecular weight is 289 g/mol. The van der Waals surface area contributed by atoms with Crippen LogP contribution in [0, 0.1) is 11.6 Å². The standard InChI is InChI=1S/C12H8Cl2F2N2/c13-8-4-7(17)5-9(14)12(8)18-11-3-6(15)1-2-10(11)16/h1-5,18H,17H2. The molecule has 0 bridgehead atoms. The Balaban J connectivity index is 2.43. The Morgan fingerprint density at radius 3 is 2.22 bits per heavy atom. The zero-order valence-electron chi connectivity index (χ0n) is 8.98. The van der Waals surface area contributed by atoms with Crippen LogP contribution in [0.1, 0.15) is 0 Å². The molecular weight excluding hydrogens is 281 g/mol. The fourth-order valence-corrected chi connectivity index (χ4v) is 2.04. The number of nitrogen functional groups attached to an aromatic ring is 1. The average Bonchev–Trinajstić information content (AvgIpc) is 2.28. The van der Waals surface area contributed by atoms with E-state index in [2.05, 4.69) is 5.32 Å². The van der Waals surface area contributed by atoms with Crippen molar-refractivity contribution >= 4 is 40.3 Å². The maximum atomic E-state index is 13.5. The van der Waals surface area contributed by atoms with Gasteiger partial charge in [-0.15, -0.1) is 0 Å². The lowest BCUT2D eigenvalue weighted by molar-refractivity contribution is 0.603. The van der Waals surface area contributed by atoms with Gasteiger partial charge < -0.3 is 11.1 Å². The van der Waals surface area contributed by atoms with E-state index in [1.165, 1.54) is 12.1 Å². The molecule has 94 valence electrons. The van der Waals surface area contributed by atoms with Crippen molar-refractivity contribution in [2.75, 3.05) is 11.1 Å². The van der Waals surface area contributed by atoms with Gasteiger partial charge in [-0.05, 0) is 24.3 Å². The van der Waals surface area contributed by atoms with Gasteiger partial charge in [-0.1, -0.05) is 23.2 Å². The van der Waals surface area contributed by atoms with Gasteiger partial charge in [-0.2, -0.15) is 0 Å². The first-order chi connectivity index (χ1) is 8.47. The Morgan fingerprint density at radius 1 is 1.00 bits per heavy atom. The highest BCUT2D eigenvalue weighted by molar-refractivity contribution is 6.39. The topological polar surface area (TPSA) is 38.0 Å². The van der Waals surface area contributed by atoms with Crippen LogP contribution in [-0.2, 0) is 0 Å². The Morgan fingerprint density at radius 2 is 1.61 bits per heavy atom. The molecule has 0 fully saturated rings. The molecule has 0 atom stereocenters. The Bertz CT molecular complexity index is 580. The first-order valence-corrected chi connectivity index (χ1v) is 5.69. The van der Waals surface area contributed by atoms with Crippen molar-refractivity contribution in [3.63, 3.8) is 0 Å². The minimum Gasteiger partial charge on any atom is -0.399 e. The van der Waals surface area contributed by atoms with E-state index in [0.29, 0.717) is 5.69 Å². The molecule has 2 rings (SSSR count). The van der Waals surface area contributed by atoms with Crippen LogP contribution in [0.15, 0.2) is 30.3 Å². The van der Waals surface area contributed by atoms with Crippen LogP contribution >= 0.6 is 23.2 Å². The molecule has 0 saturated heterocycles. The minimum atomic E-state index is -0.611. The zero-order valence-corrected chi connectivity index (χ0v) is 10.5. The summed E-state index contributed by atoms with van der Waals surface area (Å²) in [6, 6.07) is 5.97. The smallest absolute Gasteiger partial charge is 0.146 e. The third-order valence-corrected chi connectivity index (χ3v) is 2.85. The summed E-state index contributed by atoms with van der Waals surface area (Å²) in [4.78, 5) is 0. The van der Waals surface area contributed by atoms with Crippen LogP contribution < -0.4 is 11.1 Å². The molecule has 0 heterocycles. The van der Waals surface area contributed by atoms with E-state index in [1.807, 2.05) is 0 Å². The Kier molecular flexibility index (Phi) is 3.59. The van der Waals surface area contributed by atoms with Gasteiger partial charge in [0.2, 0.25) is 0 Å². The van der Waals surface area contributed by atoms with Crippen LogP contribution in [0.25, 0.3) is 0 Å². The molecule has 6 heteroatoms. The number of rotatable bonds is 2. The molecule has 18 heavy (non-hydrogen) atoms. The zero-order chi connectivity index (χ0) is 13.3. The normalized spacial score (nSPS) is 10.4. The minimum absolute atomic E-state index is 0.0522. The number of hydrogen-bond donors (Lipinski definition) is 2. The molecule has 0 radical (unpaired) electrons. The van der Waals surface area contributed by atoms with Crippen LogP contribution in [0.2, 0.25) is 10.0 Å². The number of hydrogen-bond acceptors (Lipinski definition) is 2. The van der Waals surface area contributed by atoms with E-state index in [1.54, 1.807) is 0 Å². The first kappa shape index (κ1) is 12.9. The fraction of sp³-hybridized carbons (Fsp3) is 0. The van der Waals surface area contributed by atoms with Gasteiger partial charge in [0.05, 0.1) is 21.4 Å². The summed E-state index contributed by atoms with van der Waals surface area (Å²) >= 11 is 11.9. The molecule has 2 nitrogen and oxygen atoms in total. The van der Waals surface area contributed by atoms with E-state index in [4.69, 9.17) is 28.9 Å². The van der Waals surface area contributed by atoms with Crippen LogP contribution in [0.3, 0.4) is 0 Å². The number of benzene rings is 2. The Labute approximate surface area is 112 Å². The number of halogens is 4. The lowest BCUT2D eigenvalue weighted by atomic mass is 10.2. The van der Waals surface area contributed by atoms with E-state index in [0.717, 1.165) is 18.2 Å². The molecule has 0 saturated carbocycles. The SMILES string of the molecule is Nc1cc(Cl)c(Nc2cc(F)ccc2F)c(Cl)c1. The summed E-state index contributed by atoms with van der Waals surface area (Å²) < 4.78 is 26.5. The van der Waals surface area contributed by atoms with Crippen LogP contribution in [0.4, 0.5) is 25.8 Å². The second-order valence-corrected chi connectivity index (χ2v) is 4.42. The lowest BCUT2D eigenvalue weighted by Gasteiger charge is -2.12. The molecular formula is C12H8Cl2F2N2. The second-order valence-electron chi connectivity index (χ2n) is 3.61. The van der Waals surface area contributed by atoms with Gasteiger partial charge in [0.25, 0.3) is 0 Å². The summed E-state index contributed by atoms with van der Waals surface area (Å²) in [6.45, 7) is 0. The quantitative estimate of drug-likeness (QED) is 0.793. The summed E-state index contributed by atoms with van der Waals surface area (Å²) in [5.74, 6) is -1.18. The maximum Gasteiger partial charge on any atom is 0.146 e. The van der Waals surface area contributed by atoms with Crippen molar-refractivity contribution in [1.82, 2.24) is 0 Å². The van der Waals surface area contributed by atoms with Crippen LogP contribution in [-0.4, -0.2) is 0 Å². The van der Waals surface area contributed by atoms with Crippen molar-refractivity contribution in [1.29, 1.82) is 0 Å². The van der Waals surface area contributed by atoms with Gasteiger partial charge in [0.15, 0.2) is 0 Å². The van der Waals surface area contributed by atoms with Crippen molar-refractivity contribution in [3.05, 3.63) is 52.0 Å². The third kappa shape index (κ3) is 2.66. The van der Waals surface area contributed by atoms with Gasteiger partial charge in [-0.25, -0.2) is 8.78 Å². The predicted octanol–water partition coefficient (Wildman–Crippen LogP) is 4.60. The number of anilines is 3. The maximum absolute atomic E-state index is 13.5.